The number of anilines is 1. The molecule has 1 amide bonds. The molecule has 38 heavy (non-hydrogen) atoms. The van der Waals surface area contributed by atoms with E-state index in [1.54, 1.807) is 26.5 Å². The van der Waals surface area contributed by atoms with Gasteiger partial charge in [-0.2, -0.15) is 15.5 Å². The van der Waals surface area contributed by atoms with E-state index in [2.05, 4.69) is 48.0 Å². The quantitative estimate of drug-likeness (QED) is 0.437. The third-order valence-electron chi connectivity index (χ3n) is 7.98. The molecule has 0 saturated carbocycles. The van der Waals surface area contributed by atoms with Crippen LogP contribution in [0.3, 0.4) is 0 Å². The molecule has 10 nitrogen and oxygen atoms in total. The number of amides is 1. The molecule has 6 heterocycles. The number of rotatable bonds is 3. The highest BCUT2D eigenvalue weighted by molar-refractivity contribution is 5.87. The number of likely N-dealkylation sites (tertiary alicyclic amines) is 1. The molecule has 4 aromatic heterocycles. The molecule has 2 unspecified atom stereocenters. The second kappa shape index (κ2) is 8.31. The van der Waals surface area contributed by atoms with Gasteiger partial charge in [-0.1, -0.05) is 20.8 Å². The minimum atomic E-state index is -0.840. The summed E-state index contributed by atoms with van der Waals surface area (Å²) in [5, 5.41) is 28.1. The number of carbonyl (C=O) groups is 1. The maximum Gasteiger partial charge on any atom is 0.407 e. The van der Waals surface area contributed by atoms with Gasteiger partial charge in [0.05, 0.1) is 23.5 Å². The lowest BCUT2D eigenvalue weighted by Crippen LogP contribution is -2.71. The first-order chi connectivity index (χ1) is 18.1. The van der Waals surface area contributed by atoms with Gasteiger partial charge in [0.1, 0.15) is 11.9 Å². The Hall–Kier alpha value is -4.39. The maximum absolute atomic E-state index is 11.8. The Morgan fingerprint density at radius 1 is 1.11 bits per heavy atom. The molecule has 2 saturated heterocycles. The smallest absolute Gasteiger partial charge is 0.407 e. The number of pyridine rings is 2. The van der Waals surface area contributed by atoms with Crippen LogP contribution in [-0.4, -0.2) is 66.2 Å². The van der Waals surface area contributed by atoms with Crippen LogP contribution in [0.4, 0.5) is 10.6 Å². The molecule has 0 bridgehead atoms. The molecule has 2 fully saturated rings. The van der Waals surface area contributed by atoms with Crippen LogP contribution in [0.1, 0.15) is 32.8 Å². The molecule has 2 aliphatic rings. The summed E-state index contributed by atoms with van der Waals surface area (Å²) in [6, 6.07) is 8.34. The predicted octanol–water partition coefficient (Wildman–Crippen LogP) is 4.27. The number of aryl methyl sites for hydroxylation is 1. The second-order valence-electron chi connectivity index (χ2n) is 11.6. The van der Waals surface area contributed by atoms with Crippen molar-refractivity contribution in [1.29, 1.82) is 5.26 Å². The average molecular weight is 511 g/mol. The van der Waals surface area contributed by atoms with Crippen LogP contribution in [0.25, 0.3) is 27.8 Å². The van der Waals surface area contributed by atoms with Crippen molar-refractivity contribution in [1.82, 2.24) is 29.3 Å². The van der Waals surface area contributed by atoms with Gasteiger partial charge in [-0.3, -0.25) is 4.68 Å². The van der Waals surface area contributed by atoms with Crippen LogP contribution < -0.4 is 4.90 Å². The summed E-state index contributed by atoms with van der Waals surface area (Å²) < 4.78 is 3.50. The zero-order valence-corrected chi connectivity index (χ0v) is 22.0. The summed E-state index contributed by atoms with van der Waals surface area (Å²) in [5.74, 6) is 0.875. The van der Waals surface area contributed by atoms with Gasteiger partial charge in [-0.15, -0.1) is 0 Å². The van der Waals surface area contributed by atoms with Crippen molar-refractivity contribution in [2.45, 2.75) is 33.2 Å². The standard InChI is InChI=1S/C28H30N8O2/c1-27(2,3)25-28(17-35(25)26(37)38)7-8-34(16-28)23-6-5-18(11-30-23)22-9-19(21-13-31-33(4)14-21)15-36-24(22)20(10-29)12-32-36/h5-6,9,11-15,25H,7-8,16-17H2,1-4H3,(H,37,38). The molecule has 6 rings (SSSR count). The number of carboxylic acid groups (broad SMARTS) is 1. The highest BCUT2D eigenvalue weighted by Gasteiger charge is 2.61. The molecule has 2 atom stereocenters. The fourth-order valence-electron chi connectivity index (χ4n) is 6.63. The van der Waals surface area contributed by atoms with Crippen LogP contribution in [0.15, 0.2) is 49.2 Å². The Bertz CT molecular complexity index is 1590. The maximum atomic E-state index is 11.8. The number of hydrogen-bond acceptors (Lipinski definition) is 6. The van der Waals surface area contributed by atoms with Crippen LogP contribution in [0, 0.1) is 22.2 Å². The molecule has 2 aliphatic heterocycles. The van der Waals surface area contributed by atoms with E-state index in [0.29, 0.717) is 12.1 Å². The lowest BCUT2D eigenvalue weighted by atomic mass is 9.61. The van der Waals surface area contributed by atoms with Gasteiger partial charge in [-0.25, -0.2) is 14.3 Å². The Morgan fingerprint density at radius 3 is 2.55 bits per heavy atom. The summed E-state index contributed by atoms with van der Waals surface area (Å²) in [4.78, 5) is 20.5. The van der Waals surface area contributed by atoms with E-state index >= 15 is 0 Å². The van der Waals surface area contributed by atoms with Crippen molar-refractivity contribution in [2.75, 3.05) is 24.5 Å². The lowest BCUT2D eigenvalue weighted by Gasteiger charge is -2.59. The number of nitrogens with zero attached hydrogens (tertiary/aromatic N) is 8. The first-order valence-electron chi connectivity index (χ1n) is 12.7. The van der Waals surface area contributed by atoms with E-state index in [-0.39, 0.29) is 16.9 Å². The minimum absolute atomic E-state index is 0.0217. The van der Waals surface area contributed by atoms with E-state index in [0.717, 1.165) is 53.1 Å². The number of nitriles is 1. The molecule has 4 aromatic rings. The molecule has 0 aliphatic carbocycles. The third kappa shape index (κ3) is 3.69. The SMILES string of the molecule is Cn1cc(-c2cc(-c3ccc(N4CCC5(C4)CN(C(=O)O)C5C(C)(C)C)nc3)c3c(C#N)cnn3c2)cn1. The van der Waals surface area contributed by atoms with Crippen molar-refractivity contribution in [2.24, 2.45) is 17.9 Å². The highest BCUT2D eigenvalue weighted by atomic mass is 16.4. The third-order valence-corrected chi connectivity index (χ3v) is 7.98. The monoisotopic (exact) mass is 510 g/mol. The van der Waals surface area contributed by atoms with Gasteiger partial charge >= 0.3 is 6.09 Å². The summed E-state index contributed by atoms with van der Waals surface area (Å²) in [7, 11) is 1.88. The van der Waals surface area contributed by atoms with E-state index < -0.39 is 6.09 Å². The zero-order valence-electron chi connectivity index (χ0n) is 22.0. The van der Waals surface area contributed by atoms with Crippen molar-refractivity contribution in [3.63, 3.8) is 0 Å². The van der Waals surface area contributed by atoms with Crippen LogP contribution >= 0.6 is 0 Å². The van der Waals surface area contributed by atoms with Crippen molar-refractivity contribution < 1.29 is 9.90 Å². The van der Waals surface area contributed by atoms with Gasteiger partial charge in [0.25, 0.3) is 0 Å². The minimum Gasteiger partial charge on any atom is -0.465 e. The van der Waals surface area contributed by atoms with Gasteiger partial charge in [0, 0.05) is 79.0 Å². The summed E-state index contributed by atoms with van der Waals surface area (Å²) >= 11 is 0. The number of fused-ring (bicyclic) bond motifs is 1. The molecular formula is C28H30N8O2. The topological polar surface area (TPSA) is 116 Å². The van der Waals surface area contributed by atoms with Crippen LogP contribution in [0.5, 0.6) is 0 Å². The van der Waals surface area contributed by atoms with Crippen molar-refractivity contribution in [3.8, 4) is 28.3 Å². The lowest BCUT2D eigenvalue weighted by molar-refractivity contribution is -0.0946. The Kier molecular flexibility index (Phi) is 5.24. The van der Waals surface area contributed by atoms with E-state index in [4.69, 9.17) is 4.98 Å². The van der Waals surface area contributed by atoms with E-state index in [1.165, 1.54) is 0 Å². The van der Waals surface area contributed by atoms with Gasteiger partial charge in [0.2, 0.25) is 0 Å². The summed E-state index contributed by atoms with van der Waals surface area (Å²) in [5.41, 5.74) is 4.72. The summed E-state index contributed by atoms with van der Waals surface area (Å²) in [6.07, 6.45) is 9.20. The number of hydrogen-bond donors (Lipinski definition) is 1. The summed E-state index contributed by atoms with van der Waals surface area (Å²) in [6.45, 7) is 8.56. The second-order valence-corrected chi connectivity index (χ2v) is 11.6. The normalized spacial score (nSPS) is 21.2. The first kappa shape index (κ1) is 24.0. The highest BCUT2D eigenvalue weighted by Crippen LogP contribution is 2.52. The zero-order chi connectivity index (χ0) is 26.8. The van der Waals surface area contributed by atoms with Crippen molar-refractivity contribution in [3.05, 3.63) is 54.7 Å². The fourth-order valence-corrected chi connectivity index (χ4v) is 6.63. The Balaban J connectivity index is 1.32. The van der Waals surface area contributed by atoms with Gasteiger partial charge < -0.3 is 14.9 Å². The van der Waals surface area contributed by atoms with Crippen molar-refractivity contribution >= 4 is 17.4 Å². The Labute approximate surface area is 220 Å². The average Bonchev–Trinajstić information content (AvgIpc) is 3.59. The van der Waals surface area contributed by atoms with E-state index in [9.17, 15) is 15.2 Å². The molecule has 1 N–H and O–H groups in total. The predicted molar refractivity (Wildman–Crippen MR) is 143 cm³/mol. The molecular weight excluding hydrogens is 480 g/mol. The fraction of sp³-hybridized carbons (Fsp3) is 0.393. The number of aromatic nitrogens is 5. The van der Waals surface area contributed by atoms with Gasteiger partial charge in [0.15, 0.2) is 0 Å². The van der Waals surface area contributed by atoms with Gasteiger partial charge in [-0.05, 0) is 30.0 Å². The first-order valence-corrected chi connectivity index (χ1v) is 12.7. The molecule has 0 radical (unpaired) electrons. The Morgan fingerprint density at radius 2 is 1.92 bits per heavy atom. The molecule has 0 aromatic carbocycles. The van der Waals surface area contributed by atoms with Crippen LogP contribution in [0.2, 0.25) is 0 Å². The molecule has 1 spiro atoms. The largest absolute Gasteiger partial charge is 0.465 e. The molecule has 10 heteroatoms. The molecule has 194 valence electrons. The van der Waals surface area contributed by atoms with E-state index in [1.807, 2.05) is 37.8 Å². The van der Waals surface area contributed by atoms with Crippen LogP contribution in [-0.2, 0) is 7.05 Å².